The molecule has 126 valence electrons. The number of hydrogen-bond donors (Lipinski definition) is 0. The molecule has 1 spiro atoms. The maximum absolute atomic E-state index is 12.4. The van der Waals surface area contributed by atoms with E-state index in [1.54, 1.807) is 0 Å². The molecule has 1 amide bonds. The average molecular weight is 318 g/mol. The average Bonchev–Trinajstić information content (AvgIpc) is 2.92. The quantitative estimate of drug-likeness (QED) is 0.847. The summed E-state index contributed by atoms with van der Waals surface area (Å²) in [5, 5.41) is 0. The third-order valence-corrected chi connectivity index (χ3v) is 4.68. The van der Waals surface area contributed by atoms with Gasteiger partial charge in [-0.3, -0.25) is 4.79 Å². The summed E-state index contributed by atoms with van der Waals surface area (Å²) in [5.74, 6) is 1.35. The Kier molecular flexibility index (Phi) is 4.27. The van der Waals surface area contributed by atoms with Crippen LogP contribution in [0, 0.1) is 5.92 Å². The molecular formula is C17H26N4O2. The van der Waals surface area contributed by atoms with Crippen LogP contribution in [0.5, 0.6) is 0 Å². The van der Waals surface area contributed by atoms with Crippen LogP contribution >= 0.6 is 0 Å². The standard InChI is InChI=1S/C17H26N4O2/c1-12(2)7-14(22)21-6-5-17(10-21)11-23-9-13-8-18-16(20(3)4)19-15(13)17/h8,12H,5-7,9-11H2,1-4H3/t17-/m0/s1. The number of hydrogen-bond acceptors (Lipinski definition) is 5. The highest BCUT2D eigenvalue weighted by molar-refractivity contribution is 5.77. The number of rotatable bonds is 3. The summed E-state index contributed by atoms with van der Waals surface area (Å²) in [6.07, 6.45) is 3.39. The minimum Gasteiger partial charge on any atom is -0.376 e. The van der Waals surface area contributed by atoms with Crippen molar-refractivity contribution in [2.45, 2.75) is 38.7 Å². The number of ether oxygens (including phenoxy) is 1. The Balaban J connectivity index is 1.87. The van der Waals surface area contributed by atoms with Gasteiger partial charge in [-0.15, -0.1) is 0 Å². The van der Waals surface area contributed by atoms with Crippen LogP contribution in [0.25, 0.3) is 0 Å². The zero-order valence-electron chi connectivity index (χ0n) is 14.5. The lowest BCUT2D eigenvalue weighted by molar-refractivity contribution is -0.131. The number of carbonyl (C=O) groups is 1. The van der Waals surface area contributed by atoms with Gasteiger partial charge in [0.2, 0.25) is 11.9 Å². The van der Waals surface area contributed by atoms with E-state index in [2.05, 4.69) is 18.8 Å². The summed E-state index contributed by atoms with van der Waals surface area (Å²) >= 11 is 0. The van der Waals surface area contributed by atoms with Gasteiger partial charge in [-0.25, -0.2) is 9.97 Å². The largest absolute Gasteiger partial charge is 0.376 e. The van der Waals surface area contributed by atoms with Crippen LogP contribution in [0.15, 0.2) is 6.20 Å². The summed E-state index contributed by atoms with van der Waals surface area (Å²) in [4.78, 5) is 25.5. The number of fused-ring (bicyclic) bond motifs is 2. The van der Waals surface area contributed by atoms with Crippen LogP contribution < -0.4 is 4.90 Å². The molecule has 0 bridgehead atoms. The van der Waals surface area contributed by atoms with Crippen molar-refractivity contribution in [1.29, 1.82) is 0 Å². The van der Waals surface area contributed by atoms with E-state index in [-0.39, 0.29) is 11.3 Å². The van der Waals surface area contributed by atoms with Gasteiger partial charge >= 0.3 is 0 Å². The van der Waals surface area contributed by atoms with E-state index in [0.717, 1.165) is 30.2 Å². The van der Waals surface area contributed by atoms with Crippen molar-refractivity contribution in [2.24, 2.45) is 5.92 Å². The molecule has 3 heterocycles. The molecule has 1 aromatic rings. The second kappa shape index (κ2) is 6.07. The lowest BCUT2D eigenvalue weighted by Gasteiger charge is -2.34. The third kappa shape index (κ3) is 3.04. The highest BCUT2D eigenvalue weighted by Crippen LogP contribution is 2.39. The fourth-order valence-corrected chi connectivity index (χ4v) is 3.48. The highest BCUT2D eigenvalue weighted by atomic mass is 16.5. The van der Waals surface area contributed by atoms with Gasteiger partial charge in [0, 0.05) is 45.4 Å². The van der Waals surface area contributed by atoms with Crippen LogP contribution in [-0.2, 0) is 21.6 Å². The molecule has 23 heavy (non-hydrogen) atoms. The molecule has 0 radical (unpaired) electrons. The van der Waals surface area contributed by atoms with Gasteiger partial charge in [0.1, 0.15) is 0 Å². The van der Waals surface area contributed by atoms with Crippen LogP contribution in [0.4, 0.5) is 5.95 Å². The van der Waals surface area contributed by atoms with Gasteiger partial charge in [0.05, 0.1) is 24.3 Å². The fourth-order valence-electron chi connectivity index (χ4n) is 3.48. The summed E-state index contributed by atoms with van der Waals surface area (Å²) in [7, 11) is 3.89. The van der Waals surface area contributed by atoms with Crippen molar-refractivity contribution < 1.29 is 9.53 Å². The molecule has 1 atom stereocenters. The van der Waals surface area contributed by atoms with Gasteiger partial charge in [0.15, 0.2) is 0 Å². The van der Waals surface area contributed by atoms with E-state index in [1.807, 2.05) is 30.1 Å². The molecule has 6 nitrogen and oxygen atoms in total. The smallest absolute Gasteiger partial charge is 0.225 e. The van der Waals surface area contributed by atoms with Crippen molar-refractivity contribution in [3.05, 3.63) is 17.5 Å². The van der Waals surface area contributed by atoms with E-state index in [9.17, 15) is 4.79 Å². The lowest BCUT2D eigenvalue weighted by atomic mass is 9.80. The number of anilines is 1. The van der Waals surface area contributed by atoms with Crippen LogP contribution in [-0.4, -0.2) is 54.6 Å². The second-order valence-corrected chi connectivity index (χ2v) is 7.37. The van der Waals surface area contributed by atoms with Gasteiger partial charge in [-0.1, -0.05) is 13.8 Å². The predicted molar refractivity (Wildman–Crippen MR) is 88.3 cm³/mol. The summed E-state index contributed by atoms with van der Waals surface area (Å²) < 4.78 is 5.81. The Morgan fingerprint density at radius 1 is 1.48 bits per heavy atom. The van der Waals surface area contributed by atoms with Crippen LogP contribution in [0.2, 0.25) is 0 Å². The maximum Gasteiger partial charge on any atom is 0.225 e. The fraction of sp³-hybridized carbons (Fsp3) is 0.706. The van der Waals surface area contributed by atoms with Gasteiger partial charge in [-0.05, 0) is 12.3 Å². The van der Waals surface area contributed by atoms with E-state index in [0.29, 0.717) is 32.1 Å². The van der Waals surface area contributed by atoms with Gasteiger partial charge < -0.3 is 14.5 Å². The molecule has 0 N–H and O–H groups in total. The molecule has 1 saturated heterocycles. The molecule has 2 aliphatic rings. The minimum atomic E-state index is -0.173. The maximum atomic E-state index is 12.4. The van der Waals surface area contributed by atoms with Crippen molar-refractivity contribution in [3.8, 4) is 0 Å². The van der Waals surface area contributed by atoms with Gasteiger partial charge in [-0.2, -0.15) is 0 Å². The van der Waals surface area contributed by atoms with Crippen LogP contribution in [0.1, 0.15) is 37.9 Å². The van der Waals surface area contributed by atoms with Gasteiger partial charge in [0.25, 0.3) is 0 Å². The molecule has 3 rings (SSSR count). The molecule has 1 fully saturated rings. The number of aromatic nitrogens is 2. The van der Waals surface area contributed by atoms with E-state index in [4.69, 9.17) is 9.72 Å². The lowest BCUT2D eigenvalue weighted by Crippen LogP contribution is -2.42. The van der Waals surface area contributed by atoms with Crippen molar-refractivity contribution in [2.75, 3.05) is 38.7 Å². The summed E-state index contributed by atoms with van der Waals surface area (Å²) in [6.45, 7) is 6.85. The van der Waals surface area contributed by atoms with E-state index >= 15 is 0 Å². The zero-order chi connectivity index (χ0) is 16.6. The Labute approximate surface area is 137 Å². The SMILES string of the molecule is CC(C)CC(=O)N1CC[C@@]2(COCc3cnc(N(C)C)nc32)C1. The Morgan fingerprint density at radius 3 is 2.96 bits per heavy atom. The molecule has 0 aliphatic carbocycles. The number of amides is 1. The zero-order valence-corrected chi connectivity index (χ0v) is 14.5. The number of nitrogens with zero attached hydrogens (tertiary/aromatic N) is 4. The predicted octanol–water partition coefficient (Wildman–Crippen LogP) is 1.59. The first-order valence-corrected chi connectivity index (χ1v) is 8.30. The number of carbonyl (C=O) groups excluding carboxylic acids is 1. The van der Waals surface area contributed by atoms with Crippen molar-refractivity contribution in [3.63, 3.8) is 0 Å². The summed E-state index contributed by atoms with van der Waals surface area (Å²) in [5.41, 5.74) is 1.95. The molecule has 2 aliphatic heterocycles. The monoisotopic (exact) mass is 318 g/mol. The second-order valence-electron chi connectivity index (χ2n) is 7.37. The molecule has 0 unspecified atom stereocenters. The first kappa shape index (κ1) is 16.2. The third-order valence-electron chi connectivity index (χ3n) is 4.68. The topological polar surface area (TPSA) is 58.6 Å². The normalized spacial score (nSPS) is 23.4. The Morgan fingerprint density at radius 2 is 2.26 bits per heavy atom. The first-order chi connectivity index (χ1) is 10.9. The van der Waals surface area contributed by atoms with E-state index < -0.39 is 0 Å². The molecule has 0 saturated carbocycles. The Bertz CT molecular complexity index is 602. The highest BCUT2D eigenvalue weighted by Gasteiger charge is 2.46. The first-order valence-electron chi connectivity index (χ1n) is 8.30. The van der Waals surface area contributed by atoms with E-state index in [1.165, 1.54) is 0 Å². The number of likely N-dealkylation sites (tertiary alicyclic amines) is 1. The molecule has 0 aromatic carbocycles. The molecule has 6 heteroatoms. The molecular weight excluding hydrogens is 292 g/mol. The van der Waals surface area contributed by atoms with Crippen molar-refractivity contribution >= 4 is 11.9 Å². The molecule has 1 aromatic heterocycles. The minimum absolute atomic E-state index is 0.173. The van der Waals surface area contributed by atoms with Crippen molar-refractivity contribution in [1.82, 2.24) is 14.9 Å². The van der Waals surface area contributed by atoms with Crippen LogP contribution in [0.3, 0.4) is 0 Å². The summed E-state index contributed by atoms with van der Waals surface area (Å²) in [6, 6.07) is 0. The Hall–Kier alpha value is -1.69.